The van der Waals surface area contributed by atoms with Crippen molar-refractivity contribution in [1.82, 2.24) is 9.80 Å². The van der Waals surface area contributed by atoms with Gasteiger partial charge < -0.3 is 15.7 Å². The van der Waals surface area contributed by atoms with Gasteiger partial charge in [0.2, 0.25) is 5.91 Å². The molecule has 0 aromatic carbocycles. The number of hydrogen-bond donors (Lipinski definition) is 2. The smallest absolute Gasteiger partial charge is 0.320 e. The molecule has 0 aliphatic carbocycles. The largest absolute Gasteiger partial charge is 0.480 e. The summed E-state index contributed by atoms with van der Waals surface area (Å²) in [6.45, 7) is 7.79. The highest BCUT2D eigenvalue weighted by molar-refractivity contribution is 5.82. The Bertz CT molecular complexity index is 312. The van der Waals surface area contributed by atoms with E-state index in [1.807, 2.05) is 18.7 Å². The number of carbonyl (C=O) groups is 2. The van der Waals surface area contributed by atoms with Crippen molar-refractivity contribution in [3.05, 3.63) is 0 Å². The van der Waals surface area contributed by atoms with E-state index < -0.39 is 18.1 Å². The molecule has 3 N–H and O–H groups in total. The molecule has 0 aromatic rings. The van der Waals surface area contributed by atoms with Gasteiger partial charge in [-0.15, -0.1) is 0 Å². The number of amides is 1. The van der Waals surface area contributed by atoms with Crippen molar-refractivity contribution in [3.63, 3.8) is 0 Å². The van der Waals surface area contributed by atoms with E-state index >= 15 is 0 Å². The molecular formula is C12H23N3O3. The average Bonchev–Trinajstić information content (AvgIpc) is 2.36. The predicted molar refractivity (Wildman–Crippen MR) is 68.1 cm³/mol. The number of nitrogens with zero attached hydrogens (tertiary/aromatic N) is 2. The molecule has 1 aliphatic heterocycles. The minimum absolute atomic E-state index is 0.0346. The molecule has 1 fully saturated rings. The predicted octanol–water partition coefficient (Wildman–Crippen LogP) is -0.413. The highest BCUT2D eigenvalue weighted by Gasteiger charge is 2.29. The number of piperazine rings is 1. The van der Waals surface area contributed by atoms with Crippen LogP contribution >= 0.6 is 0 Å². The Labute approximate surface area is 108 Å². The first kappa shape index (κ1) is 14.9. The Morgan fingerprint density at radius 2 is 1.61 bits per heavy atom. The standard InChI is InChI=1S/C12H23N3O3/c1-8(2)10(13)11(16)15-6-4-14(5-7-15)9(3)12(17)18/h8-10H,4-7,13H2,1-3H3,(H,17,18)/t9?,10-/m1/s1. The number of hydrogen-bond acceptors (Lipinski definition) is 4. The van der Waals surface area contributed by atoms with Crippen LogP contribution in [-0.4, -0.2) is 65.0 Å². The Morgan fingerprint density at radius 3 is 2.00 bits per heavy atom. The summed E-state index contributed by atoms with van der Waals surface area (Å²) in [6, 6.07) is -0.963. The van der Waals surface area contributed by atoms with Crippen LogP contribution in [0.4, 0.5) is 0 Å². The number of carbonyl (C=O) groups excluding carboxylic acids is 1. The van der Waals surface area contributed by atoms with E-state index in [1.54, 1.807) is 11.8 Å². The molecule has 1 rings (SSSR count). The molecule has 6 nitrogen and oxygen atoms in total. The van der Waals surface area contributed by atoms with E-state index in [4.69, 9.17) is 10.8 Å². The van der Waals surface area contributed by atoms with Crippen LogP contribution < -0.4 is 5.73 Å². The first-order valence-electron chi connectivity index (χ1n) is 6.35. The van der Waals surface area contributed by atoms with Gasteiger partial charge in [-0.3, -0.25) is 14.5 Å². The minimum atomic E-state index is -0.825. The van der Waals surface area contributed by atoms with Gasteiger partial charge in [0.25, 0.3) is 0 Å². The van der Waals surface area contributed by atoms with Gasteiger partial charge in [0.05, 0.1) is 6.04 Å². The van der Waals surface area contributed by atoms with Crippen molar-refractivity contribution in [2.75, 3.05) is 26.2 Å². The average molecular weight is 257 g/mol. The molecule has 1 amide bonds. The summed E-state index contributed by atoms with van der Waals surface area (Å²) in [7, 11) is 0. The number of aliphatic carboxylic acids is 1. The van der Waals surface area contributed by atoms with Gasteiger partial charge in [-0.05, 0) is 12.8 Å². The number of carboxylic acids is 1. The zero-order valence-electron chi connectivity index (χ0n) is 11.3. The van der Waals surface area contributed by atoms with E-state index in [0.717, 1.165) is 0 Å². The topological polar surface area (TPSA) is 86.9 Å². The third kappa shape index (κ3) is 3.43. The number of rotatable bonds is 4. The molecule has 18 heavy (non-hydrogen) atoms. The second kappa shape index (κ2) is 6.15. The van der Waals surface area contributed by atoms with Crippen LogP contribution in [0.15, 0.2) is 0 Å². The normalized spacial score (nSPS) is 20.8. The molecule has 0 spiro atoms. The van der Waals surface area contributed by atoms with Crippen molar-refractivity contribution < 1.29 is 14.7 Å². The Balaban J connectivity index is 2.49. The maximum atomic E-state index is 12.0. The lowest BCUT2D eigenvalue weighted by Crippen LogP contribution is -2.56. The molecule has 0 saturated carbocycles. The summed E-state index contributed by atoms with van der Waals surface area (Å²) < 4.78 is 0. The van der Waals surface area contributed by atoms with E-state index in [1.165, 1.54) is 0 Å². The van der Waals surface area contributed by atoms with E-state index in [0.29, 0.717) is 26.2 Å². The maximum Gasteiger partial charge on any atom is 0.320 e. The van der Waals surface area contributed by atoms with Crippen LogP contribution in [0.1, 0.15) is 20.8 Å². The van der Waals surface area contributed by atoms with Gasteiger partial charge in [0.15, 0.2) is 0 Å². The first-order valence-corrected chi connectivity index (χ1v) is 6.35. The number of nitrogens with two attached hydrogens (primary N) is 1. The van der Waals surface area contributed by atoms with Gasteiger partial charge in [-0.2, -0.15) is 0 Å². The molecule has 0 aromatic heterocycles. The van der Waals surface area contributed by atoms with E-state index in [-0.39, 0.29) is 11.8 Å². The second-order valence-corrected chi connectivity index (χ2v) is 5.15. The third-order valence-electron chi connectivity index (χ3n) is 3.53. The maximum absolute atomic E-state index is 12.0. The van der Waals surface area contributed by atoms with Crippen LogP contribution in [0.2, 0.25) is 0 Å². The van der Waals surface area contributed by atoms with Crippen LogP contribution in [-0.2, 0) is 9.59 Å². The third-order valence-corrected chi connectivity index (χ3v) is 3.53. The van der Waals surface area contributed by atoms with Gasteiger partial charge in [0.1, 0.15) is 6.04 Å². The van der Waals surface area contributed by atoms with Crippen LogP contribution in [0.25, 0.3) is 0 Å². The Hall–Kier alpha value is -1.14. The van der Waals surface area contributed by atoms with Crippen molar-refractivity contribution in [3.8, 4) is 0 Å². The lowest BCUT2D eigenvalue weighted by Gasteiger charge is -2.37. The molecule has 1 unspecified atom stereocenters. The van der Waals surface area contributed by atoms with E-state index in [9.17, 15) is 9.59 Å². The monoisotopic (exact) mass is 257 g/mol. The number of carboxylic acid groups (broad SMARTS) is 1. The van der Waals surface area contributed by atoms with Crippen molar-refractivity contribution in [1.29, 1.82) is 0 Å². The zero-order chi connectivity index (χ0) is 13.9. The fraction of sp³-hybridized carbons (Fsp3) is 0.833. The summed E-state index contributed by atoms with van der Waals surface area (Å²) in [4.78, 5) is 26.5. The molecule has 6 heteroatoms. The van der Waals surface area contributed by atoms with Crippen LogP contribution in [0, 0.1) is 5.92 Å². The summed E-state index contributed by atoms with van der Waals surface area (Å²) >= 11 is 0. The lowest BCUT2D eigenvalue weighted by atomic mass is 10.0. The van der Waals surface area contributed by atoms with Gasteiger partial charge in [0, 0.05) is 26.2 Å². The van der Waals surface area contributed by atoms with Gasteiger partial charge in [-0.25, -0.2) is 0 Å². The van der Waals surface area contributed by atoms with Gasteiger partial charge in [-0.1, -0.05) is 13.8 Å². The van der Waals surface area contributed by atoms with Crippen molar-refractivity contribution in [2.45, 2.75) is 32.9 Å². The highest BCUT2D eigenvalue weighted by atomic mass is 16.4. The molecule has 1 saturated heterocycles. The van der Waals surface area contributed by atoms with Crippen molar-refractivity contribution >= 4 is 11.9 Å². The minimum Gasteiger partial charge on any atom is -0.480 e. The summed E-state index contributed by atoms with van der Waals surface area (Å²) in [5.41, 5.74) is 5.83. The van der Waals surface area contributed by atoms with Crippen molar-refractivity contribution in [2.24, 2.45) is 11.7 Å². The van der Waals surface area contributed by atoms with Crippen LogP contribution in [0.5, 0.6) is 0 Å². The molecule has 0 bridgehead atoms. The molecule has 0 radical (unpaired) electrons. The van der Waals surface area contributed by atoms with E-state index in [2.05, 4.69) is 0 Å². The molecule has 104 valence electrons. The Kier molecular flexibility index (Phi) is 5.10. The second-order valence-electron chi connectivity index (χ2n) is 5.15. The van der Waals surface area contributed by atoms with Gasteiger partial charge >= 0.3 is 5.97 Å². The summed E-state index contributed by atoms with van der Waals surface area (Å²) in [5.74, 6) is -0.741. The molecule has 2 atom stereocenters. The molecule has 1 heterocycles. The lowest BCUT2D eigenvalue weighted by molar-refractivity contribution is -0.144. The highest BCUT2D eigenvalue weighted by Crippen LogP contribution is 2.10. The summed E-state index contributed by atoms with van der Waals surface area (Å²) in [6.07, 6.45) is 0. The molecule has 1 aliphatic rings. The zero-order valence-corrected chi connectivity index (χ0v) is 11.3. The SMILES string of the molecule is CC(C)[C@@H](N)C(=O)N1CCN(C(C)C(=O)O)CC1. The molecular weight excluding hydrogens is 234 g/mol. The fourth-order valence-electron chi connectivity index (χ4n) is 1.98. The van der Waals surface area contributed by atoms with Crippen LogP contribution in [0.3, 0.4) is 0 Å². The quantitative estimate of drug-likeness (QED) is 0.715. The summed E-state index contributed by atoms with van der Waals surface area (Å²) in [5, 5.41) is 8.93. The first-order chi connectivity index (χ1) is 8.34. The fourth-order valence-corrected chi connectivity index (χ4v) is 1.98. The Morgan fingerprint density at radius 1 is 1.11 bits per heavy atom.